The lowest BCUT2D eigenvalue weighted by Crippen LogP contribution is -2.35. The van der Waals surface area contributed by atoms with Crippen molar-refractivity contribution in [1.29, 1.82) is 0 Å². The van der Waals surface area contributed by atoms with E-state index in [2.05, 4.69) is 0 Å². The van der Waals surface area contributed by atoms with Crippen LogP contribution >= 0.6 is 0 Å². The maximum absolute atomic E-state index is 12.1. The summed E-state index contributed by atoms with van der Waals surface area (Å²) in [5.74, 6) is -0.661. The number of nitrogens with two attached hydrogens (primary N) is 1. The Hall–Kier alpha value is -1.56. The van der Waals surface area contributed by atoms with Crippen LogP contribution in [-0.2, 0) is 6.54 Å². The Morgan fingerprint density at radius 2 is 1.82 bits per heavy atom. The van der Waals surface area contributed by atoms with Crippen molar-refractivity contribution in [3.8, 4) is 0 Å². The quantitative estimate of drug-likeness (QED) is 0.883. The zero-order valence-electron chi connectivity index (χ0n) is 9.29. The van der Waals surface area contributed by atoms with Crippen molar-refractivity contribution in [1.82, 2.24) is 4.90 Å². The second kappa shape index (κ2) is 5.18. The molecule has 0 spiro atoms. The molecule has 0 heterocycles. The first-order valence-electron chi connectivity index (χ1n) is 4.94. The molecule has 2 N–H and O–H groups in total. The minimum Gasteiger partial charge on any atom is -0.333 e. The third kappa shape index (κ3) is 4.07. The first-order valence-corrected chi connectivity index (χ1v) is 4.94. The minimum atomic E-state index is -4.39. The molecule has 1 aromatic rings. The molecule has 1 amide bonds. The van der Waals surface area contributed by atoms with Crippen molar-refractivity contribution in [2.24, 2.45) is 5.73 Å². The van der Waals surface area contributed by atoms with Crippen LogP contribution < -0.4 is 5.73 Å². The molecule has 17 heavy (non-hydrogen) atoms. The van der Waals surface area contributed by atoms with E-state index in [0.717, 1.165) is 12.6 Å². The number of amides is 1. The molecule has 6 heteroatoms. The van der Waals surface area contributed by atoms with Gasteiger partial charge in [0.15, 0.2) is 0 Å². The molecule has 94 valence electrons. The Labute approximate surface area is 97.0 Å². The Balaban J connectivity index is 2.75. The molecule has 0 aromatic heterocycles. The Kier molecular flexibility index (Phi) is 4.11. The number of carbonyl (C=O) groups is 1. The van der Waals surface area contributed by atoms with Crippen LogP contribution in [0.4, 0.5) is 13.2 Å². The summed E-state index contributed by atoms with van der Waals surface area (Å²) in [7, 11) is 1.12. The lowest BCUT2D eigenvalue weighted by atomic mass is 10.1. The molecular formula is C11H13F3N2O. The number of hydrogen-bond acceptors (Lipinski definition) is 2. The van der Waals surface area contributed by atoms with E-state index in [0.29, 0.717) is 11.4 Å². The van der Waals surface area contributed by atoms with Gasteiger partial charge in [0.2, 0.25) is 0 Å². The van der Waals surface area contributed by atoms with E-state index >= 15 is 0 Å². The molecule has 0 radical (unpaired) electrons. The van der Waals surface area contributed by atoms with Crippen molar-refractivity contribution in [2.45, 2.75) is 12.7 Å². The fourth-order valence-corrected chi connectivity index (χ4v) is 1.34. The molecule has 0 bridgehead atoms. The van der Waals surface area contributed by atoms with E-state index < -0.39 is 18.6 Å². The molecule has 3 nitrogen and oxygen atoms in total. The first kappa shape index (κ1) is 13.5. The highest BCUT2D eigenvalue weighted by molar-refractivity contribution is 5.94. The Morgan fingerprint density at radius 3 is 2.24 bits per heavy atom. The smallest absolute Gasteiger partial charge is 0.333 e. The zero-order valence-corrected chi connectivity index (χ0v) is 9.29. The molecule has 1 aromatic carbocycles. The van der Waals surface area contributed by atoms with E-state index in [9.17, 15) is 18.0 Å². The minimum absolute atomic E-state index is 0.217. The van der Waals surface area contributed by atoms with Gasteiger partial charge in [-0.1, -0.05) is 12.1 Å². The summed E-state index contributed by atoms with van der Waals surface area (Å²) in [5.41, 5.74) is 6.41. The third-order valence-electron chi connectivity index (χ3n) is 2.20. The fourth-order valence-electron chi connectivity index (χ4n) is 1.34. The molecule has 0 atom stereocenters. The van der Waals surface area contributed by atoms with Gasteiger partial charge in [-0.25, -0.2) is 0 Å². The summed E-state index contributed by atoms with van der Waals surface area (Å²) >= 11 is 0. The van der Waals surface area contributed by atoms with Crippen molar-refractivity contribution >= 4 is 5.91 Å². The standard InChI is InChI=1S/C11H13F3N2O/c1-16(7-11(12,13)14)10(17)9-4-2-8(6-15)3-5-9/h2-5H,6-7,15H2,1H3. The van der Waals surface area contributed by atoms with Crippen molar-refractivity contribution in [2.75, 3.05) is 13.6 Å². The number of rotatable bonds is 3. The average Bonchev–Trinajstić information content (AvgIpc) is 2.26. The summed E-state index contributed by atoms with van der Waals surface area (Å²) in [6.07, 6.45) is -4.39. The maximum atomic E-state index is 12.1. The maximum Gasteiger partial charge on any atom is 0.406 e. The number of halogens is 3. The van der Waals surface area contributed by atoms with Gasteiger partial charge < -0.3 is 10.6 Å². The van der Waals surface area contributed by atoms with Crippen LogP contribution in [0.25, 0.3) is 0 Å². The van der Waals surface area contributed by atoms with Gasteiger partial charge in [-0.05, 0) is 17.7 Å². The molecule has 0 aliphatic rings. The summed E-state index contributed by atoms with van der Waals surface area (Å²) in [6, 6.07) is 6.18. The number of alkyl halides is 3. The van der Waals surface area contributed by atoms with Crippen molar-refractivity contribution in [3.05, 3.63) is 35.4 Å². The van der Waals surface area contributed by atoms with Gasteiger partial charge in [-0.2, -0.15) is 13.2 Å². The summed E-state index contributed by atoms with van der Waals surface area (Å²) in [4.78, 5) is 12.3. The molecule has 0 fully saturated rings. The van der Waals surface area contributed by atoms with Crippen LogP contribution in [0.1, 0.15) is 15.9 Å². The molecule has 1 rings (SSSR count). The molecule has 0 aliphatic heterocycles. The Morgan fingerprint density at radius 1 is 1.29 bits per heavy atom. The number of hydrogen-bond donors (Lipinski definition) is 1. The van der Waals surface area contributed by atoms with Crippen LogP contribution in [0.5, 0.6) is 0 Å². The average molecular weight is 246 g/mol. The largest absolute Gasteiger partial charge is 0.406 e. The van der Waals surface area contributed by atoms with Gasteiger partial charge in [0.25, 0.3) is 5.91 Å². The highest BCUT2D eigenvalue weighted by Gasteiger charge is 2.31. The van der Waals surface area contributed by atoms with E-state index in [4.69, 9.17) is 5.73 Å². The first-order chi connectivity index (χ1) is 7.83. The van der Waals surface area contributed by atoms with Crippen molar-refractivity contribution in [3.63, 3.8) is 0 Å². The van der Waals surface area contributed by atoms with Crippen LogP contribution in [0, 0.1) is 0 Å². The van der Waals surface area contributed by atoms with Crippen molar-refractivity contribution < 1.29 is 18.0 Å². The van der Waals surface area contributed by atoms with E-state index in [1.807, 2.05) is 0 Å². The highest BCUT2D eigenvalue weighted by Crippen LogP contribution is 2.17. The normalized spacial score (nSPS) is 11.4. The lowest BCUT2D eigenvalue weighted by molar-refractivity contribution is -0.138. The van der Waals surface area contributed by atoms with E-state index in [1.165, 1.54) is 12.1 Å². The topological polar surface area (TPSA) is 46.3 Å². The number of nitrogens with zero attached hydrogens (tertiary/aromatic N) is 1. The van der Waals surface area contributed by atoms with Crippen LogP contribution in [0.3, 0.4) is 0 Å². The lowest BCUT2D eigenvalue weighted by Gasteiger charge is -2.18. The van der Waals surface area contributed by atoms with Crippen LogP contribution in [-0.4, -0.2) is 30.6 Å². The zero-order chi connectivity index (χ0) is 13.1. The van der Waals surface area contributed by atoms with Crippen LogP contribution in [0.2, 0.25) is 0 Å². The summed E-state index contributed by atoms with van der Waals surface area (Å²) in [5, 5.41) is 0. The van der Waals surface area contributed by atoms with E-state index in [-0.39, 0.29) is 5.56 Å². The van der Waals surface area contributed by atoms with Gasteiger partial charge >= 0.3 is 6.18 Å². The van der Waals surface area contributed by atoms with Gasteiger partial charge in [0, 0.05) is 19.2 Å². The molecule has 0 unspecified atom stereocenters. The van der Waals surface area contributed by atoms with Gasteiger partial charge in [0.05, 0.1) is 0 Å². The SMILES string of the molecule is CN(CC(F)(F)F)C(=O)c1ccc(CN)cc1. The Bertz CT molecular complexity index is 387. The molecule has 0 saturated carbocycles. The predicted octanol–water partition coefficient (Wildman–Crippen LogP) is 1.78. The van der Waals surface area contributed by atoms with Gasteiger partial charge in [-0.15, -0.1) is 0 Å². The summed E-state index contributed by atoms with van der Waals surface area (Å²) in [6.45, 7) is -0.933. The van der Waals surface area contributed by atoms with E-state index in [1.54, 1.807) is 12.1 Å². The molecule has 0 aliphatic carbocycles. The highest BCUT2D eigenvalue weighted by atomic mass is 19.4. The molecular weight excluding hydrogens is 233 g/mol. The monoisotopic (exact) mass is 246 g/mol. The summed E-state index contributed by atoms with van der Waals surface area (Å²) < 4.78 is 36.3. The second-order valence-corrected chi connectivity index (χ2v) is 3.68. The third-order valence-corrected chi connectivity index (χ3v) is 2.20. The predicted molar refractivity (Wildman–Crippen MR) is 57.3 cm³/mol. The van der Waals surface area contributed by atoms with Crippen LogP contribution in [0.15, 0.2) is 24.3 Å². The number of carbonyl (C=O) groups excluding carboxylic acids is 1. The molecule has 0 saturated heterocycles. The number of benzene rings is 1. The van der Waals surface area contributed by atoms with Gasteiger partial charge in [0.1, 0.15) is 6.54 Å². The fraction of sp³-hybridized carbons (Fsp3) is 0.364. The second-order valence-electron chi connectivity index (χ2n) is 3.68. The van der Waals surface area contributed by atoms with Gasteiger partial charge in [-0.3, -0.25) is 4.79 Å².